The predicted molar refractivity (Wildman–Crippen MR) is 36.7 cm³/mol. The monoisotopic (exact) mass is 140 g/mol. The number of H-pyrrole nitrogens is 1. The molecule has 0 fully saturated rings. The van der Waals surface area contributed by atoms with Gasteiger partial charge in [0.25, 0.3) is 5.91 Å². The number of carbonyl (C=O) groups is 1. The average Bonchev–Trinajstić information content (AvgIpc) is 2.34. The highest BCUT2D eigenvalue weighted by atomic mass is 16.1. The molecule has 0 unspecified atom stereocenters. The van der Waals surface area contributed by atoms with E-state index in [2.05, 4.69) is 15.5 Å². The highest BCUT2D eigenvalue weighted by molar-refractivity contribution is 5.91. The smallest absolute Gasteiger partial charge is 0.266 e. The fraction of sp³-hybridized carbons (Fsp3) is 0.200. The van der Waals surface area contributed by atoms with Crippen LogP contribution in [0.4, 0.5) is 5.82 Å². The molecule has 0 saturated heterocycles. The lowest BCUT2D eigenvalue weighted by Crippen LogP contribution is -2.10. The lowest BCUT2D eigenvalue weighted by Gasteiger charge is -1.85. The minimum atomic E-state index is -0.506. The zero-order chi connectivity index (χ0) is 7.56. The number of amides is 1. The molecule has 0 radical (unpaired) electrons. The van der Waals surface area contributed by atoms with E-state index in [0.717, 1.165) is 0 Å². The molecule has 1 aromatic heterocycles. The van der Waals surface area contributed by atoms with Crippen molar-refractivity contribution in [2.75, 3.05) is 12.4 Å². The van der Waals surface area contributed by atoms with E-state index in [-0.39, 0.29) is 0 Å². The Balaban J connectivity index is 2.88. The van der Waals surface area contributed by atoms with Crippen molar-refractivity contribution in [3.05, 3.63) is 11.8 Å². The molecule has 5 nitrogen and oxygen atoms in total. The molecule has 4 N–H and O–H groups in total. The molecule has 0 aliphatic heterocycles. The highest BCUT2D eigenvalue weighted by Crippen LogP contribution is 2.01. The molecular formula is C5H8N4O. The first-order valence-corrected chi connectivity index (χ1v) is 2.77. The van der Waals surface area contributed by atoms with Crippen molar-refractivity contribution in [2.45, 2.75) is 0 Å². The normalized spacial score (nSPS) is 9.30. The Morgan fingerprint density at radius 2 is 2.60 bits per heavy atom. The Morgan fingerprint density at radius 3 is 2.90 bits per heavy atom. The van der Waals surface area contributed by atoms with E-state index < -0.39 is 5.91 Å². The van der Waals surface area contributed by atoms with Crippen LogP contribution >= 0.6 is 0 Å². The van der Waals surface area contributed by atoms with E-state index in [4.69, 9.17) is 5.73 Å². The molecule has 0 aliphatic rings. The molecule has 10 heavy (non-hydrogen) atoms. The molecule has 0 spiro atoms. The molecule has 1 aromatic rings. The van der Waals surface area contributed by atoms with Crippen molar-refractivity contribution >= 4 is 11.7 Å². The average molecular weight is 140 g/mol. The van der Waals surface area contributed by atoms with E-state index in [9.17, 15) is 4.79 Å². The molecule has 1 rings (SSSR count). The van der Waals surface area contributed by atoms with E-state index in [1.54, 1.807) is 13.1 Å². The van der Waals surface area contributed by atoms with Crippen LogP contribution in [0.25, 0.3) is 0 Å². The van der Waals surface area contributed by atoms with Crippen molar-refractivity contribution in [1.29, 1.82) is 0 Å². The molecule has 0 aliphatic carbocycles. The fourth-order valence-corrected chi connectivity index (χ4v) is 0.576. The number of rotatable bonds is 2. The molecule has 1 heterocycles. The van der Waals surface area contributed by atoms with Gasteiger partial charge in [0, 0.05) is 13.1 Å². The number of primary amides is 1. The minimum absolute atomic E-state index is 0.310. The van der Waals surface area contributed by atoms with Crippen molar-refractivity contribution in [2.24, 2.45) is 5.73 Å². The van der Waals surface area contributed by atoms with Gasteiger partial charge in [0.1, 0.15) is 11.5 Å². The fourth-order valence-electron chi connectivity index (χ4n) is 0.576. The molecule has 0 saturated carbocycles. The van der Waals surface area contributed by atoms with Gasteiger partial charge in [0.2, 0.25) is 0 Å². The molecular weight excluding hydrogens is 132 g/mol. The first-order chi connectivity index (χ1) is 4.74. The molecule has 5 heteroatoms. The SMILES string of the molecule is CNc1cc(C(N)=O)[nH]n1. The predicted octanol–water partition coefficient (Wildman–Crippen LogP) is -0.450. The van der Waals surface area contributed by atoms with E-state index >= 15 is 0 Å². The summed E-state index contributed by atoms with van der Waals surface area (Å²) in [5, 5.41) is 8.94. The molecule has 54 valence electrons. The Kier molecular flexibility index (Phi) is 1.57. The summed E-state index contributed by atoms with van der Waals surface area (Å²) in [4.78, 5) is 10.5. The van der Waals surface area contributed by atoms with Gasteiger partial charge in [-0.05, 0) is 0 Å². The summed E-state index contributed by atoms with van der Waals surface area (Å²) in [6, 6.07) is 1.54. The van der Waals surface area contributed by atoms with Gasteiger partial charge in [0.15, 0.2) is 0 Å². The van der Waals surface area contributed by atoms with E-state index in [1.807, 2.05) is 0 Å². The Hall–Kier alpha value is -1.52. The van der Waals surface area contributed by atoms with Crippen LogP contribution in [0, 0.1) is 0 Å². The summed E-state index contributed by atoms with van der Waals surface area (Å²) in [5.74, 6) is 0.0998. The van der Waals surface area contributed by atoms with Crippen LogP contribution < -0.4 is 11.1 Å². The second kappa shape index (κ2) is 2.38. The third-order valence-corrected chi connectivity index (χ3v) is 1.10. The summed E-state index contributed by atoms with van der Waals surface area (Å²) < 4.78 is 0. The lowest BCUT2D eigenvalue weighted by molar-refractivity contribution is 0.0995. The summed E-state index contributed by atoms with van der Waals surface area (Å²) in [6.07, 6.45) is 0. The second-order valence-corrected chi connectivity index (χ2v) is 1.78. The first kappa shape index (κ1) is 6.60. The quantitative estimate of drug-likeness (QED) is 0.520. The van der Waals surface area contributed by atoms with Gasteiger partial charge in [0.05, 0.1) is 0 Å². The third-order valence-electron chi connectivity index (χ3n) is 1.10. The summed E-state index contributed by atoms with van der Waals surface area (Å²) in [7, 11) is 1.71. The maximum Gasteiger partial charge on any atom is 0.266 e. The third kappa shape index (κ3) is 1.07. The van der Waals surface area contributed by atoms with Crippen LogP contribution in [0.5, 0.6) is 0 Å². The number of nitrogens with zero attached hydrogens (tertiary/aromatic N) is 1. The van der Waals surface area contributed by atoms with Crippen molar-refractivity contribution in [3.63, 3.8) is 0 Å². The van der Waals surface area contributed by atoms with Gasteiger partial charge in [-0.3, -0.25) is 9.89 Å². The number of hydrogen-bond donors (Lipinski definition) is 3. The maximum atomic E-state index is 10.5. The van der Waals surface area contributed by atoms with Crippen molar-refractivity contribution in [1.82, 2.24) is 10.2 Å². The topological polar surface area (TPSA) is 83.8 Å². The van der Waals surface area contributed by atoms with Crippen molar-refractivity contribution < 1.29 is 4.79 Å². The van der Waals surface area contributed by atoms with Crippen LogP contribution in [-0.2, 0) is 0 Å². The van der Waals surface area contributed by atoms with Crippen LogP contribution in [0.15, 0.2) is 6.07 Å². The van der Waals surface area contributed by atoms with Crippen LogP contribution in [0.1, 0.15) is 10.5 Å². The Labute approximate surface area is 57.6 Å². The molecule has 1 amide bonds. The van der Waals surface area contributed by atoms with Gasteiger partial charge in [-0.15, -0.1) is 0 Å². The number of hydrogen-bond acceptors (Lipinski definition) is 3. The van der Waals surface area contributed by atoms with Crippen LogP contribution in [0.2, 0.25) is 0 Å². The van der Waals surface area contributed by atoms with Crippen molar-refractivity contribution in [3.8, 4) is 0 Å². The molecule has 0 aromatic carbocycles. The lowest BCUT2D eigenvalue weighted by atomic mass is 10.4. The molecule has 0 bridgehead atoms. The standard InChI is InChI=1S/C5H8N4O/c1-7-4-2-3(5(6)10)8-9-4/h2H,1H3,(H2,6,10)(H2,7,8,9). The number of aromatic amines is 1. The number of anilines is 1. The number of nitrogens with one attached hydrogen (secondary N) is 2. The highest BCUT2D eigenvalue weighted by Gasteiger charge is 2.02. The van der Waals surface area contributed by atoms with Crippen LogP contribution in [0.3, 0.4) is 0 Å². The molecule has 0 atom stereocenters. The van der Waals surface area contributed by atoms with Gasteiger partial charge in [-0.2, -0.15) is 5.10 Å². The van der Waals surface area contributed by atoms with Gasteiger partial charge >= 0.3 is 0 Å². The Morgan fingerprint density at radius 1 is 1.90 bits per heavy atom. The second-order valence-electron chi connectivity index (χ2n) is 1.78. The maximum absolute atomic E-state index is 10.5. The number of aromatic nitrogens is 2. The zero-order valence-electron chi connectivity index (χ0n) is 5.51. The Bertz CT molecular complexity index is 242. The van der Waals surface area contributed by atoms with E-state index in [1.165, 1.54) is 0 Å². The summed E-state index contributed by atoms with van der Waals surface area (Å²) in [5.41, 5.74) is 5.25. The first-order valence-electron chi connectivity index (χ1n) is 2.77. The van der Waals surface area contributed by atoms with Crippen LogP contribution in [-0.4, -0.2) is 23.2 Å². The zero-order valence-corrected chi connectivity index (χ0v) is 5.51. The van der Waals surface area contributed by atoms with Gasteiger partial charge in [-0.25, -0.2) is 0 Å². The largest absolute Gasteiger partial charge is 0.372 e. The number of nitrogens with two attached hydrogens (primary N) is 1. The van der Waals surface area contributed by atoms with Gasteiger partial charge < -0.3 is 11.1 Å². The van der Waals surface area contributed by atoms with E-state index in [0.29, 0.717) is 11.5 Å². The number of carbonyl (C=O) groups excluding carboxylic acids is 1. The minimum Gasteiger partial charge on any atom is -0.372 e. The summed E-state index contributed by atoms with van der Waals surface area (Å²) >= 11 is 0. The van der Waals surface area contributed by atoms with Gasteiger partial charge in [-0.1, -0.05) is 0 Å². The summed E-state index contributed by atoms with van der Waals surface area (Å²) in [6.45, 7) is 0.